The number of aliphatic carboxylic acids is 1. The molecule has 20 heavy (non-hydrogen) atoms. The number of rotatable bonds is 4. The molecule has 1 rings (SSSR count). The third-order valence-corrected chi connectivity index (χ3v) is 2.13. The Bertz CT molecular complexity index is 450. The number of nitrogens with zero attached hydrogens (tertiary/aromatic N) is 3. The van der Waals surface area contributed by atoms with Crippen LogP contribution in [0.1, 0.15) is 6.42 Å². The molecular weight excluding hydrogens is 266 g/mol. The first-order valence-corrected chi connectivity index (χ1v) is 5.76. The minimum Gasteiger partial charge on any atom is -0.477 e. The van der Waals surface area contributed by atoms with Crippen LogP contribution in [0.3, 0.4) is 0 Å². The Balaban J connectivity index is 0.000000396. The van der Waals surface area contributed by atoms with Crippen molar-refractivity contribution >= 4 is 17.9 Å². The molecule has 8 nitrogen and oxygen atoms in total. The number of carboxylic acids is 1. The van der Waals surface area contributed by atoms with Crippen molar-refractivity contribution in [1.29, 1.82) is 0 Å². The van der Waals surface area contributed by atoms with Gasteiger partial charge in [-0.1, -0.05) is 6.08 Å². The average Bonchev–Trinajstić information content (AvgIpc) is 2.59. The van der Waals surface area contributed by atoms with Gasteiger partial charge in [0.15, 0.2) is 12.7 Å². The van der Waals surface area contributed by atoms with E-state index in [1.54, 1.807) is 0 Å². The second-order valence-corrected chi connectivity index (χ2v) is 5.15. The lowest BCUT2D eigenvalue weighted by atomic mass is 10.3. The minimum atomic E-state index is -1.37. The van der Waals surface area contributed by atoms with E-state index in [0.29, 0.717) is 4.48 Å². The second-order valence-electron chi connectivity index (χ2n) is 5.15. The van der Waals surface area contributed by atoms with Gasteiger partial charge in [0.25, 0.3) is 5.84 Å². The molecule has 1 aliphatic heterocycles. The monoisotopic (exact) mass is 287 g/mol. The molecule has 0 radical (unpaired) electrons. The molecule has 1 heterocycles. The van der Waals surface area contributed by atoms with Crippen molar-refractivity contribution in [3.8, 4) is 0 Å². The van der Waals surface area contributed by atoms with Crippen LogP contribution in [-0.2, 0) is 4.79 Å². The van der Waals surface area contributed by atoms with Crippen LogP contribution >= 0.6 is 0 Å². The van der Waals surface area contributed by atoms with Gasteiger partial charge in [-0.25, -0.2) is 4.79 Å². The fourth-order valence-electron chi connectivity index (χ4n) is 1.29. The molecule has 0 fully saturated rings. The Morgan fingerprint density at radius 2 is 1.95 bits per heavy atom. The number of amides is 1. The van der Waals surface area contributed by atoms with Gasteiger partial charge in [-0.05, 0) is 4.65 Å². The Kier molecular flexibility index (Phi) is 6.24. The summed E-state index contributed by atoms with van der Waals surface area (Å²) in [5.41, 5.74) is 0. The largest absolute Gasteiger partial charge is 0.558 e. The maximum Gasteiger partial charge on any atom is 0.558 e. The molecule has 8 heteroatoms. The molecule has 1 atom stereocenters. The van der Waals surface area contributed by atoms with Crippen LogP contribution in [0.2, 0.25) is 0 Å². The van der Waals surface area contributed by atoms with Crippen molar-refractivity contribution in [2.75, 3.05) is 27.7 Å². The number of likely N-dealkylation sites (N-methyl/N-ethyl adjacent to an activating group) is 1. The van der Waals surface area contributed by atoms with Crippen LogP contribution in [0.4, 0.5) is 4.79 Å². The highest BCUT2D eigenvalue weighted by molar-refractivity contribution is 5.86. The van der Waals surface area contributed by atoms with E-state index in [4.69, 9.17) is 10.2 Å². The topological polar surface area (TPSA) is 107 Å². The summed E-state index contributed by atoms with van der Waals surface area (Å²) < 4.78 is -0.776. The summed E-state index contributed by atoms with van der Waals surface area (Å²) in [7, 11) is 5.52. The van der Waals surface area contributed by atoms with Crippen LogP contribution in [0.5, 0.6) is 0 Å². The maximum absolute atomic E-state index is 10.6. The fourth-order valence-corrected chi connectivity index (χ4v) is 1.29. The summed E-state index contributed by atoms with van der Waals surface area (Å²) in [6.07, 6.45) is 2.70. The molecule has 0 aromatic rings. The van der Waals surface area contributed by atoms with Gasteiger partial charge in [0.05, 0.1) is 33.8 Å². The number of hydrogen-bond acceptors (Lipinski definition) is 4. The standard InChI is InChI=1S/C7H8N2O3.C5H11NO2/c1-2-3-6-8-4-5-9(6,12)7(10)11;1-6(2,3)4-5(7)8/h2,4-5,12H,1,3H2;4H2,1-3H3/p+2. The molecule has 1 unspecified atom stereocenters. The van der Waals surface area contributed by atoms with Crippen LogP contribution in [-0.4, -0.2) is 70.1 Å². The van der Waals surface area contributed by atoms with E-state index < -0.39 is 16.7 Å². The molecule has 0 saturated carbocycles. The van der Waals surface area contributed by atoms with E-state index in [2.05, 4.69) is 11.6 Å². The highest BCUT2D eigenvalue weighted by atomic mass is 16.6. The normalized spacial score (nSPS) is 20.7. The van der Waals surface area contributed by atoms with Gasteiger partial charge in [-0.2, -0.15) is 15.0 Å². The third-order valence-electron chi connectivity index (χ3n) is 2.13. The van der Waals surface area contributed by atoms with E-state index in [1.165, 1.54) is 12.3 Å². The Hall–Kier alpha value is -2.03. The lowest BCUT2D eigenvalue weighted by Crippen LogP contribution is -2.47. The first-order valence-electron chi connectivity index (χ1n) is 5.76. The summed E-state index contributed by atoms with van der Waals surface area (Å²) in [4.78, 5) is 24.3. The van der Waals surface area contributed by atoms with Crippen molar-refractivity contribution in [2.45, 2.75) is 6.42 Å². The highest BCUT2D eigenvalue weighted by Crippen LogP contribution is 2.15. The fraction of sp³-hybridized carbons (Fsp3) is 0.417. The van der Waals surface area contributed by atoms with E-state index in [1.807, 2.05) is 21.1 Å². The zero-order valence-corrected chi connectivity index (χ0v) is 11.9. The third kappa shape index (κ3) is 5.74. The first-order chi connectivity index (χ1) is 9.03. The molecule has 0 aliphatic carbocycles. The lowest BCUT2D eigenvalue weighted by Gasteiger charge is -2.20. The van der Waals surface area contributed by atoms with Crippen molar-refractivity contribution < 1.29 is 34.1 Å². The SMILES string of the molecule is C=CCC1=NC=C[N+]1(O)C(=O)O.C[N+](C)(C)CC(=O)O. The predicted molar refractivity (Wildman–Crippen MR) is 72.0 cm³/mol. The quantitative estimate of drug-likeness (QED) is 0.408. The molecule has 112 valence electrons. The van der Waals surface area contributed by atoms with E-state index in [9.17, 15) is 14.8 Å². The lowest BCUT2D eigenvalue weighted by molar-refractivity contribution is -0.924. The zero-order valence-electron chi connectivity index (χ0n) is 11.9. The number of quaternary nitrogens is 2. The molecule has 1 aliphatic rings. The Morgan fingerprint density at radius 1 is 1.40 bits per heavy atom. The van der Waals surface area contributed by atoms with Crippen molar-refractivity contribution in [2.24, 2.45) is 4.99 Å². The average molecular weight is 287 g/mol. The molecule has 0 saturated heterocycles. The minimum absolute atomic E-state index is 0.137. The van der Waals surface area contributed by atoms with Gasteiger partial charge in [-0.15, -0.1) is 6.58 Å². The van der Waals surface area contributed by atoms with Crippen molar-refractivity contribution in [1.82, 2.24) is 0 Å². The molecular formula is C12H21N3O5+2. The van der Waals surface area contributed by atoms with Gasteiger partial charge in [-0.3, -0.25) is 0 Å². The molecule has 0 bridgehead atoms. The molecule has 0 aromatic carbocycles. The number of carboxylic acid groups (broad SMARTS) is 2. The molecule has 3 N–H and O–H groups in total. The van der Waals surface area contributed by atoms with Gasteiger partial charge in [0, 0.05) is 0 Å². The first kappa shape index (κ1) is 18.0. The summed E-state index contributed by atoms with van der Waals surface area (Å²) in [6, 6.07) is 0. The van der Waals surface area contributed by atoms with E-state index >= 15 is 0 Å². The molecule has 0 spiro atoms. The summed E-state index contributed by atoms with van der Waals surface area (Å²) >= 11 is 0. The number of hydroxylamine groups is 3. The van der Waals surface area contributed by atoms with E-state index in [0.717, 1.165) is 6.20 Å². The van der Waals surface area contributed by atoms with Gasteiger partial charge in [0.1, 0.15) is 0 Å². The second kappa shape index (κ2) is 6.94. The predicted octanol–water partition coefficient (Wildman–Crippen LogP) is 1.11. The van der Waals surface area contributed by atoms with Crippen LogP contribution in [0, 0.1) is 0 Å². The van der Waals surface area contributed by atoms with Gasteiger partial charge >= 0.3 is 12.1 Å². The highest BCUT2D eigenvalue weighted by Gasteiger charge is 2.42. The number of aliphatic imine (C=N–C) groups is 1. The number of carbonyl (C=O) groups is 2. The zero-order chi connectivity index (χ0) is 16.0. The smallest absolute Gasteiger partial charge is 0.477 e. The summed E-state index contributed by atoms with van der Waals surface area (Å²) in [5, 5.41) is 26.3. The van der Waals surface area contributed by atoms with Crippen molar-refractivity contribution in [3.63, 3.8) is 0 Å². The number of amidine groups is 1. The van der Waals surface area contributed by atoms with Crippen LogP contribution < -0.4 is 0 Å². The molecule has 1 amide bonds. The number of hydrogen-bond donors (Lipinski definition) is 3. The van der Waals surface area contributed by atoms with Crippen LogP contribution in [0.15, 0.2) is 30.0 Å². The summed E-state index contributed by atoms with van der Waals surface area (Å²) in [6.45, 7) is 3.61. The summed E-state index contributed by atoms with van der Waals surface area (Å²) in [5.74, 6) is -0.616. The van der Waals surface area contributed by atoms with Crippen LogP contribution in [0.25, 0.3) is 0 Å². The molecule has 0 aromatic heterocycles. The van der Waals surface area contributed by atoms with E-state index in [-0.39, 0.29) is 18.8 Å². The maximum atomic E-state index is 10.6. The van der Waals surface area contributed by atoms with Gasteiger partial charge in [0.2, 0.25) is 0 Å². The van der Waals surface area contributed by atoms with Crippen molar-refractivity contribution in [3.05, 3.63) is 25.1 Å². The Labute approximate surface area is 117 Å². The van der Waals surface area contributed by atoms with Gasteiger partial charge < -0.3 is 14.7 Å². The Morgan fingerprint density at radius 3 is 2.25 bits per heavy atom.